The second-order valence-corrected chi connectivity index (χ2v) is 4.51. The summed E-state index contributed by atoms with van der Waals surface area (Å²) in [6.45, 7) is 1.16. The third kappa shape index (κ3) is 2.25. The molecule has 0 spiro atoms. The number of amides is 1. The summed E-state index contributed by atoms with van der Waals surface area (Å²) in [5, 5.41) is 0. The third-order valence-corrected chi connectivity index (χ3v) is 3.47. The maximum absolute atomic E-state index is 11.6. The van der Waals surface area contributed by atoms with Crippen molar-refractivity contribution >= 4 is 6.09 Å². The van der Waals surface area contributed by atoms with E-state index < -0.39 is 0 Å². The van der Waals surface area contributed by atoms with Gasteiger partial charge in [0, 0.05) is 6.04 Å². The second kappa shape index (κ2) is 4.84. The number of rotatable bonds is 3. The first-order chi connectivity index (χ1) is 7.33. The first-order valence-electron chi connectivity index (χ1n) is 5.98. The zero-order chi connectivity index (χ0) is 10.7. The lowest BCUT2D eigenvalue weighted by Gasteiger charge is -2.33. The topological polar surface area (TPSA) is 55.6 Å². The molecule has 1 saturated carbocycles. The summed E-state index contributed by atoms with van der Waals surface area (Å²) in [5.41, 5.74) is 5.55. The van der Waals surface area contributed by atoms with E-state index in [0.29, 0.717) is 19.2 Å². The van der Waals surface area contributed by atoms with Gasteiger partial charge in [-0.2, -0.15) is 0 Å². The summed E-state index contributed by atoms with van der Waals surface area (Å²) in [7, 11) is 0. The van der Waals surface area contributed by atoms with Crippen LogP contribution in [0.3, 0.4) is 0 Å². The molecule has 0 radical (unpaired) electrons. The Balaban J connectivity index is 1.99. The number of ether oxygens (including phenoxy) is 1. The fraction of sp³-hybridized carbons (Fsp3) is 0.909. The minimum absolute atomic E-state index is 0.125. The molecule has 4 heteroatoms. The van der Waals surface area contributed by atoms with Gasteiger partial charge >= 0.3 is 6.09 Å². The number of carbonyl (C=O) groups excluding carboxylic acids is 1. The summed E-state index contributed by atoms with van der Waals surface area (Å²) in [6, 6.07) is 0.635. The molecule has 2 rings (SSSR count). The number of cyclic esters (lactones) is 1. The van der Waals surface area contributed by atoms with Crippen LogP contribution in [0.15, 0.2) is 0 Å². The first-order valence-corrected chi connectivity index (χ1v) is 5.98. The highest BCUT2D eigenvalue weighted by molar-refractivity contribution is 5.70. The molecule has 86 valence electrons. The normalized spacial score (nSPS) is 28.2. The minimum Gasteiger partial charge on any atom is -0.447 e. The van der Waals surface area contributed by atoms with Gasteiger partial charge in [0.15, 0.2) is 0 Å². The summed E-state index contributed by atoms with van der Waals surface area (Å²) in [5.74, 6) is 0. The van der Waals surface area contributed by atoms with E-state index in [1.165, 1.54) is 19.3 Å². The smallest absolute Gasteiger partial charge is 0.410 e. The Morgan fingerprint density at radius 2 is 2.07 bits per heavy atom. The van der Waals surface area contributed by atoms with Crippen LogP contribution in [0.25, 0.3) is 0 Å². The minimum atomic E-state index is -0.125. The number of nitrogens with zero attached hydrogens (tertiary/aromatic N) is 1. The number of hydrogen-bond donors (Lipinski definition) is 1. The van der Waals surface area contributed by atoms with Gasteiger partial charge < -0.3 is 10.5 Å². The van der Waals surface area contributed by atoms with Crippen LogP contribution in [0.4, 0.5) is 4.79 Å². The van der Waals surface area contributed by atoms with Crippen LogP contribution < -0.4 is 5.73 Å². The Morgan fingerprint density at radius 3 is 2.73 bits per heavy atom. The van der Waals surface area contributed by atoms with Crippen molar-refractivity contribution < 1.29 is 9.53 Å². The largest absolute Gasteiger partial charge is 0.447 e. The zero-order valence-electron chi connectivity index (χ0n) is 9.15. The summed E-state index contributed by atoms with van der Waals surface area (Å²) < 4.78 is 5.12. The molecule has 1 heterocycles. The molecule has 1 aliphatic carbocycles. The molecule has 15 heavy (non-hydrogen) atoms. The molecular weight excluding hydrogens is 192 g/mol. The molecule has 2 aliphatic rings. The predicted molar refractivity (Wildman–Crippen MR) is 57.5 cm³/mol. The highest BCUT2D eigenvalue weighted by Crippen LogP contribution is 2.28. The van der Waals surface area contributed by atoms with Crippen LogP contribution in [0, 0.1) is 0 Å². The van der Waals surface area contributed by atoms with Gasteiger partial charge in [-0.15, -0.1) is 0 Å². The molecule has 0 bridgehead atoms. The summed E-state index contributed by atoms with van der Waals surface area (Å²) in [4.78, 5) is 13.6. The quantitative estimate of drug-likeness (QED) is 0.771. The Kier molecular flexibility index (Phi) is 3.46. The molecule has 1 aliphatic heterocycles. The highest BCUT2D eigenvalue weighted by atomic mass is 16.6. The Hall–Kier alpha value is -0.770. The summed E-state index contributed by atoms with van der Waals surface area (Å²) in [6.07, 6.45) is 6.80. The monoisotopic (exact) mass is 212 g/mol. The predicted octanol–water partition coefficient (Wildman–Crippen LogP) is 1.49. The van der Waals surface area contributed by atoms with Crippen LogP contribution in [0.2, 0.25) is 0 Å². The van der Waals surface area contributed by atoms with E-state index in [4.69, 9.17) is 10.5 Å². The van der Waals surface area contributed by atoms with Crippen LogP contribution in [-0.2, 0) is 4.74 Å². The molecule has 0 aromatic carbocycles. The lowest BCUT2D eigenvalue weighted by atomic mass is 9.93. The Bertz CT molecular complexity index is 227. The number of nitrogens with two attached hydrogens (primary N) is 1. The molecule has 1 atom stereocenters. The SMILES string of the molecule is NCCC1COC(=O)N1C1CCCCC1. The standard InChI is InChI=1S/C11H20N2O2/c12-7-6-10-8-15-11(14)13(10)9-4-2-1-3-5-9/h9-10H,1-8,12H2. The van der Waals surface area contributed by atoms with Gasteiger partial charge in [0.1, 0.15) is 6.61 Å². The van der Waals surface area contributed by atoms with Crippen molar-refractivity contribution in [2.75, 3.05) is 13.2 Å². The maximum atomic E-state index is 11.6. The van der Waals surface area contributed by atoms with Crippen LogP contribution in [-0.4, -0.2) is 36.2 Å². The van der Waals surface area contributed by atoms with Crippen molar-refractivity contribution in [2.45, 2.75) is 50.6 Å². The fourth-order valence-corrected chi connectivity index (χ4v) is 2.69. The third-order valence-electron chi connectivity index (χ3n) is 3.47. The van der Waals surface area contributed by atoms with E-state index in [9.17, 15) is 4.79 Å². The van der Waals surface area contributed by atoms with E-state index in [2.05, 4.69) is 0 Å². The molecule has 2 N–H and O–H groups in total. The lowest BCUT2D eigenvalue weighted by molar-refractivity contribution is 0.131. The van der Waals surface area contributed by atoms with Crippen molar-refractivity contribution in [3.8, 4) is 0 Å². The van der Waals surface area contributed by atoms with Gasteiger partial charge in [0.2, 0.25) is 0 Å². The molecule has 2 fully saturated rings. The van der Waals surface area contributed by atoms with E-state index in [0.717, 1.165) is 19.3 Å². The van der Waals surface area contributed by atoms with Gasteiger partial charge in [0.25, 0.3) is 0 Å². The average Bonchev–Trinajstić information content (AvgIpc) is 2.62. The molecule has 4 nitrogen and oxygen atoms in total. The van der Waals surface area contributed by atoms with Gasteiger partial charge in [-0.05, 0) is 25.8 Å². The second-order valence-electron chi connectivity index (χ2n) is 4.51. The molecular formula is C11H20N2O2. The van der Waals surface area contributed by atoms with Gasteiger partial charge in [0.05, 0.1) is 6.04 Å². The Labute approximate surface area is 90.8 Å². The number of carbonyl (C=O) groups is 1. The average molecular weight is 212 g/mol. The van der Waals surface area contributed by atoms with E-state index >= 15 is 0 Å². The van der Waals surface area contributed by atoms with E-state index in [-0.39, 0.29) is 12.1 Å². The molecule has 1 unspecified atom stereocenters. The number of hydrogen-bond acceptors (Lipinski definition) is 3. The van der Waals surface area contributed by atoms with Gasteiger partial charge in [-0.1, -0.05) is 19.3 Å². The van der Waals surface area contributed by atoms with Crippen molar-refractivity contribution in [3.63, 3.8) is 0 Å². The van der Waals surface area contributed by atoms with Crippen molar-refractivity contribution in [3.05, 3.63) is 0 Å². The van der Waals surface area contributed by atoms with Gasteiger partial charge in [-0.3, -0.25) is 4.90 Å². The Morgan fingerprint density at radius 1 is 1.33 bits per heavy atom. The summed E-state index contributed by atoms with van der Waals surface area (Å²) >= 11 is 0. The van der Waals surface area contributed by atoms with E-state index in [1.54, 1.807) is 0 Å². The van der Waals surface area contributed by atoms with E-state index in [1.807, 2.05) is 4.90 Å². The molecule has 0 aromatic heterocycles. The first kappa shape index (κ1) is 10.7. The van der Waals surface area contributed by atoms with Crippen LogP contribution in [0.5, 0.6) is 0 Å². The maximum Gasteiger partial charge on any atom is 0.410 e. The molecule has 1 saturated heterocycles. The van der Waals surface area contributed by atoms with Crippen molar-refractivity contribution in [1.29, 1.82) is 0 Å². The lowest BCUT2D eigenvalue weighted by Crippen LogP contribution is -2.43. The fourth-order valence-electron chi connectivity index (χ4n) is 2.69. The van der Waals surface area contributed by atoms with Gasteiger partial charge in [-0.25, -0.2) is 4.79 Å². The molecule has 0 aromatic rings. The van der Waals surface area contributed by atoms with Crippen molar-refractivity contribution in [2.24, 2.45) is 5.73 Å². The van der Waals surface area contributed by atoms with Crippen LogP contribution >= 0.6 is 0 Å². The van der Waals surface area contributed by atoms with Crippen LogP contribution in [0.1, 0.15) is 38.5 Å². The highest BCUT2D eigenvalue weighted by Gasteiger charge is 2.37. The molecule has 1 amide bonds. The van der Waals surface area contributed by atoms with Crippen molar-refractivity contribution in [1.82, 2.24) is 4.90 Å². The zero-order valence-corrected chi connectivity index (χ0v) is 9.15.